The zero-order valence-corrected chi connectivity index (χ0v) is 17.8. The van der Waals surface area contributed by atoms with E-state index >= 15 is 0 Å². The van der Waals surface area contributed by atoms with Crippen LogP contribution in [0.3, 0.4) is 0 Å². The monoisotopic (exact) mass is 451 g/mol. The van der Waals surface area contributed by atoms with E-state index in [0.29, 0.717) is 6.54 Å². The molecule has 0 saturated carbocycles. The van der Waals surface area contributed by atoms with E-state index in [4.69, 9.17) is 4.99 Å². The van der Waals surface area contributed by atoms with Crippen molar-refractivity contribution in [2.45, 2.75) is 40.2 Å². The number of guanidine groups is 1. The molecule has 0 aromatic carbocycles. The number of hydrogen-bond donors (Lipinski definition) is 2. The summed E-state index contributed by atoms with van der Waals surface area (Å²) < 4.78 is 0. The fourth-order valence-electron chi connectivity index (χ4n) is 2.72. The van der Waals surface area contributed by atoms with Crippen molar-refractivity contribution in [3.63, 3.8) is 0 Å². The summed E-state index contributed by atoms with van der Waals surface area (Å²) in [4.78, 5) is 12.8. The molecular weight excluding hydrogens is 421 g/mol. The highest BCUT2D eigenvalue weighted by Crippen LogP contribution is 2.18. The summed E-state index contributed by atoms with van der Waals surface area (Å²) >= 11 is 1.74. The first-order valence-corrected chi connectivity index (χ1v) is 9.03. The van der Waals surface area contributed by atoms with Gasteiger partial charge in [0.2, 0.25) is 0 Å². The smallest absolute Gasteiger partial charge is 0.191 e. The van der Waals surface area contributed by atoms with E-state index in [9.17, 15) is 0 Å². The van der Waals surface area contributed by atoms with Crippen LogP contribution in [0.4, 0.5) is 0 Å². The maximum absolute atomic E-state index is 4.71. The molecule has 2 heterocycles. The molecule has 1 aliphatic heterocycles. The molecule has 5 nitrogen and oxygen atoms in total. The molecule has 1 aromatic heterocycles. The van der Waals surface area contributed by atoms with Crippen LogP contribution in [0.5, 0.6) is 0 Å². The number of nitrogens with one attached hydrogen (secondary N) is 2. The summed E-state index contributed by atoms with van der Waals surface area (Å²) in [6, 6.07) is 0. The highest BCUT2D eigenvalue weighted by Gasteiger charge is 2.16. The Morgan fingerprint density at radius 1 is 1.30 bits per heavy atom. The number of aryl methyl sites for hydroxylation is 2. The van der Waals surface area contributed by atoms with Gasteiger partial charge in [-0.25, -0.2) is 9.98 Å². The Labute approximate surface area is 161 Å². The molecule has 132 valence electrons. The minimum atomic E-state index is 0. The molecule has 2 N–H and O–H groups in total. The molecule has 0 spiro atoms. The molecule has 0 bridgehead atoms. The van der Waals surface area contributed by atoms with Gasteiger partial charge in [0.15, 0.2) is 5.96 Å². The molecule has 23 heavy (non-hydrogen) atoms. The van der Waals surface area contributed by atoms with E-state index in [1.807, 2.05) is 0 Å². The van der Waals surface area contributed by atoms with E-state index in [1.54, 1.807) is 11.3 Å². The van der Waals surface area contributed by atoms with Crippen LogP contribution in [-0.4, -0.2) is 49.1 Å². The van der Waals surface area contributed by atoms with Gasteiger partial charge in [-0.1, -0.05) is 0 Å². The average Bonchev–Trinajstić information content (AvgIpc) is 2.81. The lowest BCUT2D eigenvalue weighted by molar-refractivity contribution is 0.220. The molecule has 2 rings (SSSR count). The number of rotatable bonds is 5. The van der Waals surface area contributed by atoms with Gasteiger partial charge in [-0.15, -0.1) is 35.3 Å². The topological polar surface area (TPSA) is 52.6 Å². The van der Waals surface area contributed by atoms with Gasteiger partial charge in [-0.2, -0.15) is 0 Å². The number of hydrogen-bond acceptors (Lipinski definition) is 4. The molecule has 1 fully saturated rings. The summed E-state index contributed by atoms with van der Waals surface area (Å²) in [6.07, 6.45) is 2.55. The number of nitrogens with zero attached hydrogens (tertiary/aromatic N) is 3. The highest BCUT2D eigenvalue weighted by atomic mass is 127. The molecule has 0 amide bonds. The summed E-state index contributed by atoms with van der Waals surface area (Å²) in [5.41, 5.74) is 1.11. The first kappa shape index (κ1) is 20.6. The Morgan fingerprint density at radius 3 is 2.57 bits per heavy atom. The van der Waals surface area contributed by atoms with E-state index in [0.717, 1.165) is 35.7 Å². The molecule has 0 radical (unpaired) electrons. The largest absolute Gasteiger partial charge is 0.357 e. The van der Waals surface area contributed by atoms with Crippen molar-refractivity contribution in [3.05, 3.63) is 15.6 Å². The first-order chi connectivity index (χ1) is 10.6. The van der Waals surface area contributed by atoms with Gasteiger partial charge in [0, 0.05) is 18.0 Å². The molecule has 7 heteroatoms. The third kappa shape index (κ3) is 6.93. The van der Waals surface area contributed by atoms with Crippen LogP contribution in [0.25, 0.3) is 0 Å². The van der Waals surface area contributed by atoms with Crippen LogP contribution in [0.2, 0.25) is 0 Å². The Hall–Kier alpha value is -0.410. The van der Waals surface area contributed by atoms with Crippen LogP contribution in [0.1, 0.15) is 35.3 Å². The Morgan fingerprint density at radius 2 is 2.00 bits per heavy atom. The van der Waals surface area contributed by atoms with Gasteiger partial charge >= 0.3 is 0 Å². The van der Waals surface area contributed by atoms with Crippen molar-refractivity contribution in [1.82, 2.24) is 20.5 Å². The highest BCUT2D eigenvalue weighted by molar-refractivity contribution is 14.0. The fraction of sp³-hybridized carbons (Fsp3) is 0.750. The van der Waals surface area contributed by atoms with E-state index in [2.05, 4.69) is 48.3 Å². The SMILES string of the molecule is CCNC(=NCc1sc(C)nc1C)NCC1CCN(C)CC1.I. The summed E-state index contributed by atoms with van der Waals surface area (Å²) in [5.74, 6) is 1.68. The number of halogens is 1. The lowest BCUT2D eigenvalue weighted by Gasteiger charge is -2.29. The Kier molecular flexibility index (Phi) is 9.38. The van der Waals surface area contributed by atoms with Gasteiger partial charge in [0.25, 0.3) is 0 Å². The second kappa shape index (κ2) is 10.5. The number of aliphatic imine (C=N–C) groups is 1. The number of thiazole rings is 1. The zero-order valence-electron chi connectivity index (χ0n) is 14.7. The molecule has 1 aliphatic rings. The zero-order chi connectivity index (χ0) is 15.9. The van der Waals surface area contributed by atoms with Gasteiger partial charge in [0.1, 0.15) is 0 Å². The number of piperidine rings is 1. The normalized spacial score (nSPS) is 17.0. The van der Waals surface area contributed by atoms with Crippen molar-refractivity contribution in [1.29, 1.82) is 0 Å². The third-order valence-corrected chi connectivity index (χ3v) is 5.18. The van der Waals surface area contributed by atoms with Gasteiger partial charge in [0.05, 0.1) is 17.2 Å². The van der Waals surface area contributed by atoms with Crippen molar-refractivity contribution in [2.75, 3.05) is 33.2 Å². The lowest BCUT2D eigenvalue weighted by Crippen LogP contribution is -2.42. The fourth-order valence-corrected chi connectivity index (χ4v) is 3.58. The molecule has 0 unspecified atom stereocenters. The minimum absolute atomic E-state index is 0. The predicted octanol–water partition coefficient (Wildman–Crippen LogP) is 2.77. The maximum atomic E-state index is 4.71. The quantitative estimate of drug-likeness (QED) is 0.411. The van der Waals surface area contributed by atoms with Crippen LogP contribution in [0.15, 0.2) is 4.99 Å². The molecule has 0 aliphatic carbocycles. The summed E-state index contributed by atoms with van der Waals surface area (Å²) in [7, 11) is 2.20. The average molecular weight is 451 g/mol. The van der Waals surface area contributed by atoms with E-state index in [1.165, 1.54) is 30.8 Å². The van der Waals surface area contributed by atoms with Crippen LogP contribution < -0.4 is 10.6 Å². The van der Waals surface area contributed by atoms with Gasteiger partial charge in [-0.05, 0) is 59.7 Å². The molecule has 1 saturated heterocycles. The van der Waals surface area contributed by atoms with Crippen LogP contribution in [0, 0.1) is 19.8 Å². The van der Waals surface area contributed by atoms with Crippen molar-refractivity contribution < 1.29 is 0 Å². The Balaban J connectivity index is 0.00000264. The number of aromatic nitrogens is 1. The van der Waals surface area contributed by atoms with Gasteiger partial charge < -0.3 is 15.5 Å². The van der Waals surface area contributed by atoms with Crippen molar-refractivity contribution >= 4 is 41.3 Å². The summed E-state index contributed by atoms with van der Waals surface area (Å²) in [5, 5.41) is 7.96. The summed E-state index contributed by atoms with van der Waals surface area (Å²) in [6.45, 7) is 11.2. The number of likely N-dealkylation sites (tertiary alicyclic amines) is 1. The second-order valence-corrected chi connectivity index (χ2v) is 7.35. The Bertz CT molecular complexity index is 495. The molecule has 1 aromatic rings. The minimum Gasteiger partial charge on any atom is -0.357 e. The van der Waals surface area contributed by atoms with Crippen molar-refractivity contribution in [2.24, 2.45) is 10.9 Å². The molecule has 0 atom stereocenters. The van der Waals surface area contributed by atoms with E-state index < -0.39 is 0 Å². The predicted molar refractivity (Wildman–Crippen MR) is 110 cm³/mol. The molecular formula is C16H30IN5S. The third-order valence-electron chi connectivity index (χ3n) is 4.12. The van der Waals surface area contributed by atoms with Crippen molar-refractivity contribution in [3.8, 4) is 0 Å². The maximum Gasteiger partial charge on any atom is 0.191 e. The van der Waals surface area contributed by atoms with E-state index in [-0.39, 0.29) is 24.0 Å². The van der Waals surface area contributed by atoms with Crippen LogP contribution >= 0.6 is 35.3 Å². The second-order valence-electron chi connectivity index (χ2n) is 6.06. The van der Waals surface area contributed by atoms with Gasteiger partial charge in [-0.3, -0.25) is 0 Å². The lowest BCUT2D eigenvalue weighted by atomic mass is 9.97. The standard InChI is InChI=1S/C16H29N5S.HI/c1-5-17-16(18-10-14-6-8-21(4)9-7-14)19-11-15-12(2)20-13(3)22-15;/h14H,5-11H2,1-4H3,(H2,17,18,19);1H. The first-order valence-electron chi connectivity index (χ1n) is 8.22. The van der Waals surface area contributed by atoms with Crippen LogP contribution in [-0.2, 0) is 6.54 Å².